The molecule has 104 valence electrons. The van der Waals surface area contributed by atoms with E-state index in [1.807, 2.05) is 0 Å². The lowest BCUT2D eigenvalue weighted by molar-refractivity contribution is -0.122. The third-order valence-corrected chi connectivity index (χ3v) is 4.24. The molecular formula is C13H21N5O. The van der Waals surface area contributed by atoms with E-state index in [2.05, 4.69) is 20.3 Å². The molecule has 1 N–H and O–H groups in total. The number of rotatable bonds is 4. The van der Waals surface area contributed by atoms with Crippen LogP contribution in [0.15, 0.2) is 12.7 Å². The molecule has 2 fully saturated rings. The van der Waals surface area contributed by atoms with Crippen LogP contribution >= 0.6 is 0 Å². The summed E-state index contributed by atoms with van der Waals surface area (Å²) in [6.45, 7) is 2.95. The van der Waals surface area contributed by atoms with E-state index in [0.29, 0.717) is 25.0 Å². The summed E-state index contributed by atoms with van der Waals surface area (Å²) >= 11 is 0. The molecule has 2 aliphatic heterocycles. The van der Waals surface area contributed by atoms with Crippen LogP contribution in [-0.2, 0) is 11.3 Å². The smallest absolute Gasteiger partial charge is 0.222 e. The highest BCUT2D eigenvalue weighted by molar-refractivity contribution is 5.76. The van der Waals surface area contributed by atoms with Gasteiger partial charge in [0.2, 0.25) is 5.91 Å². The molecule has 3 heterocycles. The molecule has 0 radical (unpaired) electrons. The molecule has 0 aromatic carbocycles. The molecule has 0 bridgehead atoms. The van der Waals surface area contributed by atoms with Crippen molar-refractivity contribution in [3.63, 3.8) is 0 Å². The predicted molar refractivity (Wildman–Crippen MR) is 70.4 cm³/mol. The zero-order chi connectivity index (χ0) is 13.1. The van der Waals surface area contributed by atoms with Gasteiger partial charge in [-0.25, -0.2) is 4.98 Å². The fourth-order valence-electron chi connectivity index (χ4n) is 3.26. The van der Waals surface area contributed by atoms with Crippen molar-refractivity contribution < 1.29 is 4.79 Å². The number of nitrogens with one attached hydrogen (secondary N) is 1. The van der Waals surface area contributed by atoms with Gasteiger partial charge in [-0.15, -0.1) is 0 Å². The Bertz CT molecular complexity index is 419. The molecule has 3 rings (SSSR count). The van der Waals surface area contributed by atoms with Gasteiger partial charge in [0.05, 0.1) is 6.54 Å². The molecule has 0 saturated carbocycles. The molecule has 0 spiro atoms. The van der Waals surface area contributed by atoms with Crippen molar-refractivity contribution >= 4 is 5.91 Å². The molecule has 6 nitrogen and oxygen atoms in total. The maximum atomic E-state index is 12.0. The lowest BCUT2D eigenvalue weighted by Gasteiger charge is -2.32. The van der Waals surface area contributed by atoms with Crippen molar-refractivity contribution in [2.24, 2.45) is 0 Å². The zero-order valence-corrected chi connectivity index (χ0v) is 11.2. The van der Waals surface area contributed by atoms with Crippen molar-refractivity contribution in [1.29, 1.82) is 0 Å². The van der Waals surface area contributed by atoms with Gasteiger partial charge in [-0.3, -0.25) is 14.4 Å². The summed E-state index contributed by atoms with van der Waals surface area (Å²) in [4.78, 5) is 18.4. The number of fused-ring (bicyclic) bond motifs is 1. The molecule has 1 aromatic rings. The first-order valence-electron chi connectivity index (χ1n) is 7.19. The Morgan fingerprint density at radius 2 is 2.26 bits per heavy atom. The van der Waals surface area contributed by atoms with Crippen LogP contribution in [0.1, 0.15) is 32.1 Å². The normalized spacial score (nSPS) is 27.2. The summed E-state index contributed by atoms with van der Waals surface area (Å²) in [6, 6.07) is 0.924. The van der Waals surface area contributed by atoms with E-state index in [9.17, 15) is 4.79 Å². The molecule has 2 aliphatic rings. The van der Waals surface area contributed by atoms with Gasteiger partial charge < -0.3 is 5.32 Å². The Morgan fingerprint density at radius 3 is 3.11 bits per heavy atom. The van der Waals surface area contributed by atoms with E-state index in [1.54, 1.807) is 11.0 Å². The van der Waals surface area contributed by atoms with Crippen LogP contribution in [0.4, 0.5) is 0 Å². The monoisotopic (exact) mass is 263 g/mol. The second-order valence-electron chi connectivity index (χ2n) is 5.47. The number of hydrogen-bond acceptors (Lipinski definition) is 4. The number of hydrogen-bond donors (Lipinski definition) is 1. The summed E-state index contributed by atoms with van der Waals surface area (Å²) < 4.78 is 1.70. The number of carbonyl (C=O) groups is 1. The number of aryl methyl sites for hydroxylation is 1. The Labute approximate surface area is 113 Å². The van der Waals surface area contributed by atoms with E-state index in [0.717, 1.165) is 13.0 Å². The number of aromatic nitrogens is 3. The standard InChI is InChI=1S/C13H21N5O/c19-13(5-8-18-10-14-9-15-18)16-11-4-7-17-6-2-1-3-12(11)17/h9-12H,1-8H2,(H,16,19)/t11-,12+/m1/s1. The number of nitrogens with zero attached hydrogens (tertiary/aromatic N) is 4. The van der Waals surface area contributed by atoms with Crippen LogP contribution in [-0.4, -0.2) is 50.7 Å². The average Bonchev–Trinajstić information content (AvgIpc) is 3.07. The predicted octanol–water partition coefficient (Wildman–Crippen LogP) is 0.411. The number of amides is 1. The van der Waals surface area contributed by atoms with Crippen LogP contribution in [0.2, 0.25) is 0 Å². The first-order chi connectivity index (χ1) is 9.33. The molecule has 1 aromatic heterocycles. The summed E-state index contributed by atoms with van der Waals surface area (Å²) in [6.07, 6.45) is 8.55. The van der Waals surface area contributed by atoms with Crippen LogP contribution in [0.3, 0.4) is 0 Å². The highest BCUT2D eigenvalue weighted by atomic mass is 16.1. The average molecular weight is 263 g/mol. The Hall–Kier alpha value is -1.43. The summed E-state index contributed by atoms with van der Waals surface area (Å²) in [5.74, 6) is 0.132. The molecule has 6 heteroatoms. The van der Waals surface area contributed by atoms with Crippen LogP contribution in [0, 0.1) is 0 Å². The molecule has 2 saturated heterocycles. The van der Waals surface area contributed by atoms with E-state index < -0.39 is 0 Å². The first-order valence-corrected chi connectivity index (χ1v) is 7.19. The largest absolute Gasteiger partial charge is 0.352 e. The fraction of sp³-hybridized carbons (Fsp3) is 0.769. The molecular weight excluding hydrogens is 242 g/mol. The van der Waals surface area contributed by atoms with Gasteiger partial charge in [0, 0.05) is 25.0 Å². The third kappa shape index (κ3) is 2.94. The first kappa shape index (κ1) is 12.6. The number of carbonyl (C=O) groups excluding carboxylic acids is 1. The van der Waals surface area contributed by atoms with Gasteiger partial charge in [0.15, 0.2) is 0 Å². The second kappa shape index (κ2) is 5.69. The molecule has 0 unspecified atom stereocenters. The second-order valence-corrected chi connectivity index (χ2v) is 5.47. The van der Waals surface area contributed by atoms with Crippen LogP contribution in [0.25, 0.3) is 0 Å². The Balaban J connectivity index is 1.47. The topological polar surface area (TPSA) is 63.1 Å². The zero-order valence-electron chi connectivity index (χ0n) is 11.2. The lowest BCUT2D eigenvalue weighted by atomic mass is 9.99. The summed E-state index contributed by atoms with van der Waals surface area (Å²) in [5, 5.41) is 7.20. The van der Waals surface area contributed by atoms with Crippen molar-refractivity contribution in [3.8, 4) is 0 Å². The van der Waals surface area contributed by atoms with Crippen molar-refractivity contribution in [1.82, 2.24) is 25.0 Å². The van der Waals surface area contributed by atoms with E-state index in [4.69, 9.17) is 0 Å². The number of piperidine rings is 1. The van der Waals surface area contributed by atoms with Gasteiger partial charge in [0.1, 0.15) is 12.7 Å². The van der Waals surface area contributed by atoms with Crippen molar-refractivity contribution in [2.45, 2.75) is 50.7 Å². The van der Waals surface area contributed by atoms with E-state index >= 15 is 0 Å². The minimum Gasteiger partial charge on any atom is -0.352 e. The molecule has 19 heavy (non-hydrogen) atoms. The highest BCUT2D eigenvalue weighted by Gasteiger charge is 2.35. The Morgan fingerprint density at radius 1 is 1.32 bits per heavy atom. The van der Waals surface area contributed by atoms with Crippen LogP contribution in [0.5, 0.6) is 0 Å². The minimum absolute atomic E-state index is 0.132. The van der Waals surface area contributed by atoms with Gasteiger partial charge in [-0.1, -0.05) is 6.42 Å². The van der Waals surface area contributed by atoms with Crippen LogP contribution < -0.4 is 5.32 Å². The van der Waals surface area contributed by atoms with E-state index in [1.165, 1.54) is 32.1 Å². The SMILES string of the molecule is O=C(CCn1cncn1)N[C@@H]1CCN2CCCC[C@@H]12. The highest BCUT2D eigenvalue weighted by Crippen LogP contribution is 2.27. The maximum absolute atomic E-state index is 12.0. The third-order valence-electron chi connectivity index (χ3n) is 4.24. The lowest BCUT2D eigenvalue weighted by Crippen LogP contribution is -2.46. The van der Waals surface area contributed by atoms with E-state index in [-0.39, 0.29) is 5.91 Å². The summed E-state index contributed by atoms with van der Waals surface area (Å²) in [7, 11) is 0. The van der Waals surface area contributed by atoms with Crippen molar-refractivity contribution in [3.05, 3.63) is 12.7 Å². The minimum atomic E-state index is 0.132. The molecule has 2 atom stereocenters. The van der Waals surface area contributed by atoms with Gasteiger partial charge in [-0.2, -0.15) is 5.10 Å². The van der Waals surface area contributed by atoms with Crippen molar-refractivity contribution in [2.75, 3.05) is 13.1 Å². The maximum Gasteiger partial charge on any atom is 0.222 e. The summed E-state index contributed by atoms with van der Waals surface area (Å²) in [5.41, 5.74) is 0. The van der Waals surface area contributed by atoms with Gasteiger partial charge in [0.25, 0.3) is 0 Å². The Kier molecular flexibility index (Phi) is 3.77. The van der Waals surface area contributed by atoms with Gasteiger partial charge >= 0.3 is 0 Å². The fourth-order valence-corrected chi connectivity index (χ4v) is 3.26. The molecule has 1 amide bonds. The molecule has 0 aliphatic carbocycles. The van der Waals surface area contributed by atoms with Gasteiger partial charge in [-0.05, 0) is 25.8 Å². The quantitative estimate of drug-likeness (QED) is 0.854.